The lowest BCUT2D eigenvalue weighted by Crippen LogP contribution is -2.72. The number of hydrogen-bond acceptors (Lipinski definition) is 3. The van der Waals surface area contributed by atoms with Gasteiger partial charge in [0.15, 0.2) is 0 Å². The second-order valence-electron chi connectivity index (χ2n) is 10.9. The third kappa shape index (κ3) is 6.56. The fourth-order valence-electron chi connectivity index (χ4n) is 4.58. The molecule has 0 bridgehead atoms. The molecule has 4 aromatic carbocycles. The third-order valence-corrected chi connectivity index (χ3v) is 22.3. The molecule has 0 aliphatic heterocycles. The highest BCUT2D eigenvalue weighted by Crippen LogP contribution is 2.26. The zero-order valence-corrected chi connectivity index (χ0v) is 26.8. The van der Waals surface area contributed by atoms with Crippen LogP contribution in [0.5, 0.6) is 0 Å². The van der Waals surface area contributed by atoms with Gasteiger partial charge in [-0.2, -0.15) is 0 Å². The average Bonchev–Trinajstić information content (AvgIpc) is 2.90. The Morgan fingerprint density at radius 3 is 0.784 bits per heavy atom. The van der Waals surface area contributed by atoms with E-state index in [-0.39, 0.29) is 0 Å². The molecule has 7 heteroatoms. The Morgan fingerprint density at radius 1 is 0.324 bits per heavy atom. The van der Waals surface area contributed by atoms with E-state index in [1.54, 1.807) is 0 Å². The second-order valence-corrected chi connectivity index (χ2v) is 25.8. The molecule has 0 saturated heterocycles. The molecule has 0 aliphatic rings. The van der Waals surface area contributed by atoms with Gasteiger partial charge < -0.3 is 12.3 Å². The van der Waals surface area contributed by atoms with Crippen molar-refractivity contribution in [3.63, 3.8) is 0 Å². The van der Waals surface area contributed by atoms with Crippen molar-refractivity contribution in [2.75, 3.05) is 0 Å². The first-order valence-corrected chi connectivity index (χ1v) is 23.3. The van der Waals surface area contributed by atoms with Gasteiger partial charge in [-0.3, -0.25) is 0 Å². The van der Waals surface area contributed by atoms with Crippen LogP contribution in [0.25, 0.3) is 0 Å². The molecule has 0 saturated carbocycles. The first-order valence-electron chi connectivity index (χ1n) is 12.9. The number of benzene rings is 4. The van der Waals surface area contributed by atoms with Crippen LogP contribution < -0.4 is 20.7 Å². The highest BCUT2D eigenvalue weighted by atomic mass is 28.5. The molecule has 4 rings (SSSR count). The molecule has 0 radical (unpaired) electrons. The Hall–Kier alpha value is -2.37. The van der Waals surface area contributed by atoms with Crippen molar-refractivity contribution in [1.29, 1.82) is 0 Å². The van der Waals surface area contributed by atoms with Gasteiger partial charge in [0.25, 0.3) is 0 Å². The lowest BCUT2D eigenvalue weighted by Gasteiger charge is -2.45. The SMILES string of the molecule is C[Si](C)(O[Si](O[Si](C)(C)c1ccccc1)(O[Si](C)(C)c1ccccc1)c1ccccc1)c1ccccc1. The van der Waals surface area contributed by atoms with Gasteiger partial charge in [0, 0.05) is 5.19 Å². The van der Waals surface area contributed by atoms with Gasteiger partial charge in [-0.25, -0.2) is 0 Å². The van der Waals surface area contributed by atoms with Gasteiger partial charge in [-0.1, -0.05) is 121 Å². The normalized spacial score (nSPS) is 12.9. The van der Waals surface area contributed by atoms with Crippen LogP contribution in [-0.2, 0) is 12.3 Å². The van der Waals surface area contributed by atoms with Crippen molar-refractivity contribution < 1.29 is 12.3 Å². The first kappa shape index (κ1) is 27.7. The zero-order valence-electron chi connectivity index (χ0n) is 22.8. The van der Waals surface area contributed by atoms with Crippen molar-refractivity contribution in [3.8, 4) is 0 Å². The van der Waals surface area contributed by atoms with E-state index in [2.05, 4.69) is 155 Å². The van der Waals surface area contributed by atoms with Gasteiger partial charge in [0.1, 0.15) is 0 Å². The van der Waals surface area contributed by atoms with Crippen molar-refractivity contribution in [1.82, 2.24) is 0 Å². The molecule has 0 atom stereocenters. The molecular weight excluding hydrogens is 521 g/mol. The summed E-state index contributed by atoms with van der Waals surface area (Å²) in [5, 5.41) is 4.72. The Bertz CT molecular complexity index is 1140. The minimum atomic E-state index is -3.44. The van der Waals surface area contributed by atoms with Crippen LogP contribution in [0.1, 0.15) is 0 Å². The monoisotopic (exact) mass is 558 g/mol. The molecule has 0 aliphatic carbocycles. The molecular formula is C30H38O3Si4. The minimum Gasteiger partial charge on any atom is -0.409 e. The Labute approximate surface area is 226 Å². The van der Waals surface area contributed by atoms with Gasteiger partial charge in [0.2, 0.25) is 25.0 Å². The summed E-state index contributed by atoms with van der Waals surface area (Å²) in [6.07, 6.45) is 0. The fourth-order valence-corrected chi connectivity index (χ4v) is 20.7. The number of hydrogen-bond donors (Lipinski definition) is 0. The van der Waals surface area contributed by atoms with Crippen LogP contribution in [0.3, 0.4) is 0 Å². The Kier molecular flexibility index (Phi) is 8.34. The summed E-state index contributed by atoms with van der Waals surface area (Å²) >= 11 is 0. The van der Waals surface area contributed by atoms with Crippen LogP contribution in [0, 0.1) is 0 Å². The zero-order chi connectivity index (χ0) is 26.6. The van der Waals surface area contributed by atoms with E-state index in [1.807, 2.05) is 6.07 Å². The maximum Gasteiger partial charge on any atom is 0.506 e. The molecule has 0 unspecified atom stereocenters. The smallest absolute Gasteiger partial charge is 0.409 e. The Morgan fingerprint density at radius 2 is 0.541 bits per heavy atom. The second kappa shape index (κ2) is 11.2. The van der Waals surface area contributed by atoms with Gasteiger partial charge in [-0.15, -0.1) is 0 Å². The van der Waals surface area contributed by atoms with Crippen molar-refractivity contribution >= 4 is 54.5 Å². The molecule has 192 valence electrons. The van der Waals surface area contributed by atoms with Gasteiger partial charge >= 0.3 is 8.80 Å². The summed E-state index contributed by atoms with van der Waals surface area (Å²) in [4.78, 5) is 0. The van der Waals surface area contributed by atoms with E-state index in [1.165, 1.54) is 15.6 Å². The van der Waals surface area contributed by atoms with Crippen molar-refractivity contribution in [2.24, 2.45) is 0 Å². The molecule has 0 heterocycles. The van der Waals surface area contributed by atoms with Gasteiger partial charge in [0.05, 0.1) is 0 Å². The first-order chi connectivity index (χ1) is 17.5. The standard InChI is InChI=1S/C30H38O3Si4/c1-34(2,27-19-11-7-12-20-27)31-37(30-25-17-10-18-26-30,32-35(3,4)28-21-13-8-14-22-28)33-36(5,6)29-23-15-9-16-24-29/h7-26H,1-6H3. The molecule has 3 nitrogen and oxygen atoms in total. The predicted molar refractivity (Wildman–Crippen MR) is 166 cm³/mol. The quantitative estimate of drug-likeness (QED) is 0.250. The van der Waals surface area contributed by atoms with Crippen LogP contribution in [-0.4, -0.2) is 33.8 Å². The van der Waals surface area contributed by atoms with Crippen LogP contribution in [0.4, 0.5) is 0 Å². The molecule has 0 fully saturated rings. The molecule has 4 aromatic rings. The third-order valence-electron chi connectivity index (χ3n) is 6.70. The molecule has 0 N–H and O–H groups in total. The van der Waals surface area contributed by atoms with Crippen molar-refractivity contribution in [3.05, 3.63) is 121 Å². The lowest BCUT2D eigenvalue weighted by atomic mass is 10.4. The van der Waals surface area contributed by atoms with E-state index in [9.17, 15) is 0 Å². The molecule has 0 aromatic heterocycles. The summed E-state index contributed by atoms with van der Waals surface area (Å²) in [7, 11) is -10.8. The highest BCUT2D eigenvalue weighted by Gasteiger charge is 2.55. The molecule has 37 heavy (non-hydrogen) atoms. The summed E-state index contributed by atoms with van der Waals surface area (Å²) in [5.41, 5.74) is 0. The summed E-state index contributed by atoms with van der Waals surface area (Å²) in [5.74, 6) is 0. The average molecular weight is 559 g/mol. The highest BCUT2D eigenvalue weighted by molar-refractivity contribution is 7.02. The van der Waals surface area contributed by atoms with Crippen LogP contribution in [0.2, 0.25) is 39.3 Å². The molecule has 0 spiro atoms. The van der Waals surface area contributed by atoms with Crippen LogP contribution in [0.15, 0.2) is 121 Å². The predicted octanol–water partition coefficient (Wildman–Crippen LogP) is 5.22. The summed E-state index contributed by atoms with van der Waals surface area (Å²) < 4.78 is 22.2. The summed E-state index contributed by atoms with van der Waals surface area (Å²) in [6, 6.07) is 42.2. The van der Waals surface area contributed by atoms with Gasteiger partial charge in [-0.05, 0) is 54.8 Å². The fraction of sp³-hybridized carbons (Fsp3) is 0.200. The maximum absolute atomic E-state index is 7.42. The van der Waals surface area contributed by atoms with E-state index < -0.39 is 33.8 Å². The number of rotatable bonds is 10. The van der Waals surface area contributed by atoms with E-state index >= 15 is 0 Å². The van der Waals surface area contributed by atoms with Crippen LogP contribution >= 0.6 is 0 Å². The molecule has 0 amide bonds. The largest absolute Gasteiger partial charge is 0.506 e. The van der Waals surface area contributed by atoms with E-state index in [4.69, 9.17) is 12.3 Å². The topological polar surface area (TPSA) is 27.7 Å². The summed E-state index contributed by atoms with van der Waals surface area (Å²) in [6.45, 7) is 13.5. The van der Waals surface area contributed by atoms with Crippen molar-refractivity contribution in [2.45, 2.75) is 39.3 Å². The van der Waals surface area contributed by atoms with E-state index in [0.717, 1.165) is 5.19 Å². The Balaban J connectivity index is 1.89. The lowest BCUT2D eigenvalue weighted by molar-refractivity contribution is 0.278. The van der Waals surface area contributed by atoms with E-state index in [0.29, 0.717) is 0 Å². The maximum atomic E-state index is 7.42. The minimum absolute atomic E-state index is 1.03.